The van der Waals surface area contributed by atoms with Crippen molar-refractivity contribution in [2.75, 3.05) is 0 Å². The van der Waals surface area contributed by atoms with Crippen molar-refractivity contribution >= 4 is 13.3 Å². The summed E-state index contributed by atoms with van der Waals surface area (Å²) in [5.41, 5.74) is 9.30. The van der Waals surface area contributed by atoms with Gasteiger partial charge in [0.15, 0.2) is 0 Å². The molecule has 0 saturated heterocycles. The first kappa shape index (κ1) is 8.75. The van der Waals surface area contributed by atoms with E-state index in [4.69, 9.17) is 9.95 Å². The van der Waals surface area contributed by atoms with Crippen LogP contribution in [-0.2, 0) is 0 Å². The average molecular weight is 163 g/mol. The highest BCUT2D eigenvalue weighted by Gasteiger charge is 2.09. The minimum absolute atomic E-state index is 0.163. The summed E-state index contributed by atoms with van der Waals surface area (Å²) in [5, 5.41) is 3.61. The number of hydrogen-bond acceptors (Lipinski definition) is 2. The Hall–Kier alpha value is -1.35. The van der Waals surface area contributed by atoms with E-state index in [2.05, 4.69) is 10.0 Å². The molecule has 0 aliphatic heterocycles. The van der Waals surface area contributed by atoms with Gasteiger partial charge in [-0.25, -0.2) is 0 Å². The maximum Gasteiger partial charge on any atom is 0.143 e. The number of azide groups is 1. The van der Waals surface area contributed by atoms with Crippen molar-refractivity contribution < 1.29 is 4.42 Å². The molecule has 0 radical (unpaired) electrons. The lowest BCUT2D eigenvalue weighted by molar-refractivity contribution is 0.460. The molecule has 0 bridgehead atoms. The Balaban J connectivity index is 2.86. The van der Waals surface area contributed by atoms with E-state index in [1.54, 1.807) is 6.26 Å². The SMILES string of the molecule is Bc1coc(C(CC)N=[N+]=[N-])c1. The first-order chi connectivity index (χ1) is 5.77. The van der Waals surface area contributed by atoms with Gasteiger partial charge in [-0.15, -0.1) is 0 Å². The van der Waals surface area contributed by atoms with Gasteiger partial charge in [0.05, 0.1) is 12.3 Å². The van der Waals surface area contributed by atoms with Gasteiger partial charge in [0.2, 0.25) is 0 Å². The van der Waals surface area contributed by atoms with Crippen molar-refractivity contribution in [1.82, 2.24) is 0 Å². The topological polar surface area (TPSA) is 61.9 Å². The molecule has 1 unspecified atom stereocenters. The summed E-state index contributed by atoms with van der Waals surface area (Å²) in [6.07, 6.45) is 2.42. The number of furan rings is 1. The number of nitrogens with zero attached hydrogens (tertiary/aromatic N) is 3. The zero-order valence-electron chi connectivity index (χ0n) is 7.19. The second kappa shape index (κ2) is 3.88. The van der Waals surface area contributed by atoms with Gasteiger partial charge >= 0.3 is 0 Å². The van der Waals surface area contributed by atoms with Crippen LogP contribution in [0.2, 0.25) is 0 Å². The smallest absolute Gasteiger partial charge is 0.143 e. The summed E-state index contributed by atoms with van der Waals surface area (Å²) < 4.78 is 5.20. The molecule has 1 atom stereocenters. The van der Waals surface area contributed by atoms with Gasteiger partial charge in [-0.3, -0.25) is 0 Å². The molecule has 0 N–H and O–H groups in total. The molecular formula is C7H10BN3O. The standard InChI is InChI=1S/C7H10BN3O/c1-2-6(10-11-9)7-3-5(8)4-12-7/h3-4,6H,2,8H2,1H3. The van der Waals surface area contributed by atoms with E-state index < -0.39 is 0 Å². The minimum atomic E-state index is -0.163. The normalized spacial score (nSPS) is 12.1. The van der Waals surface area contributed by atoms with Crippen molar-refractivity contribution in [3.63, 3.8) is 0 Å². The highest BCUT2D eigenvalue weighted by atomic mass is 16.3. The molecule has 12 heavy (non-hydrogen) atoms. The lowest BCUT2D eigenvalue weighted by atomic mass is 9.99. The molecule has 0 saturated carbocycles. The van der Waals surface area contributed by atoms with Crippen molar-refractivity contribution in [2.45, 2.75) is 19.4 Å². The van der Waals surface area contributed by atoms with Crippen LogP contribution in [0.5, 0.6) is 0 Å². The summed E-state index contributed by atoms with van der Waals surface area (Å²) in [6.45, 7) is 1.96. The van der Waals surface area contributed by atoms with Crippen LogP contribution < -0.4 is 5.46 Å². The highest BCUT2D eigenvalue weighted by Crippen LogP contribution is 2.20. The van der Waals surface area contributed by atoms with E-state index in [0.29, 0.717) is 0 Å². The predicted molar refractivity (Wildman–Crippen MR) is 49.1 cm³/mol. The largest absolute Gasteiger partial charge is 0.470 e. The predicted octanol–water partition coefficient (Wildman–Crippen LogP) is 1.30. The quantitative estimate of drug-likeness (QED) is 0.286. The summed E-state index contributed by atoms with van der Waals surface area (Å²) in [6, 6.07) is 1.73. The molecule has 4 nitrogen and oxygen atoms in total. The van der Waals surface area contributed by atoms with E-state index in [1.807, 2.05) is 20.8 Å². The fourth-order valence-electron chi connectivity index (χ4n) is 1.03. The third kappa shape index (κ3) is 1.83. The van der Waals surface area contributed by atoms with Crippen LogP contribution in [0.4, 0.5) is 0 Å². The molecule has 1 heterocycles. The lowest BCUT2D eigenvalue weighted by Gasteiger charge is -2.01. The molecule has 1 aromatic heterocycles. The van der Waals surface area contributed by atoms with E-state index in [0.717, 1.165) is 17.6 Å². The summed E-state index contributed by atoms with van der Waals surface area (Å²) >= 11 is 0. The fourth-order valence-corrected chi connectivity index (χ4v) is 1.03. The second-order valence-electron chi connectivity index (χ2n) is 2.66. The van der Waals surface area contributed by atoms with Crippen molar-refractivity contribution in [3.05, 3.63) is 28.5 Å². The van der Waals surface area contributed by atoms with Crippen molar-refractivity contribution in [2.24, 2.45) is 5.11 Å². The Morgan fingerprint density at radius 2 is 2.58 bits per heavy atom. The third-order valence-electron chi connectivity index (χ3n) is 1.66. The van der Waals surface area contributed by atoms with Crippen molar-refractivity contribution in [3.8, 4) is 0 Å². The maximum atomic E-state index is 8.25. The molecule has 1 aromatic rings. The lowest BCUT2D eigenvalue weighted by Crippen LogP contribution is -1.95. The van der Waals surface area contributed by atoms with Crippen LogP contribution in [0.3, 0.4) is 0 Å². The van der Waals surface area contributed by atoms with Crippen LogP contribution in [0.25, 0.3) is 10.4 Å². The van der Waals surface area contributed by atoms with Gasteiger partial charge < -0.3 is 4.42 Å². The van der Waals surface area contributed by atoms with Crippen molar-refractivity contribution in [1.29, 1.82) is 0 Å². The summed E-state index contributed by atoms with van der Waals surface area (Å²) in [5.74, 6) is 0.743. The molecule has 0 aliphatic carbocycles. The molecular weight excluding hydrogens is 153 g/mol. The zero-order chi connectivity index (χ0) is 8.97. The van der Waals surface area contributed by atoms with Crippen LogP contribution in [0.1, 0.15) is 25.1 Å². The Morgan fingerprint density at radius 3 is 3.00 bits per heavy atom. The second-order valence-corrected chi connectivity index (χ2v) is 2.66. The summed E-state index contributed by atoms with van der Waals surface area (Å²) in [7, 11) is 1.94. The molecule has 62 valence electrons. The van der Waals surface area contributed by atoms with Gasteiger partial charge in [-0.2, -0.15) is 0 Å². The molecule has 1 rings (SSSR count). The fraction of sp³-hybridized carbons (Fsp3) is 0.429. The Labute approximate surface area is 71.6 Å². The number of rotatable bonds is 3. The van der Waals surface area contributed by atoms with Crippen LogP contribution in [0, 0.1) is 0 Å². The molecule has 0 amide bonds. The highest BCUT2D eigenvalue weighted by molar-refractivity contribution is 6.32. The first-order valence-electron chi connectivity index (χ1n) is 3.87. The molecule has 0 aromatic carbocycles. The Kier molecular flexibility index (Phi) is 2.83. The Bertz CT molecular complexity index is 303. The van der Waals surface area contributed by atoms with E-state index in [-0.39, 0.29) is 6.04 Å². The minimum Gasteiger partial charge on any atom is -0.470 e. The van der Waals surface area contributed by atoms with Crippen LogP contribution in [0.15, 0.2) is 21.9 Å². The maximum absolute atomic E-state index is 8.25. The molecule has 0 fully saturated rings. The van der Waals surface area contributed by atoms with Gasteiger partial charge in [-0.1, -0.05) is 17.5 Å². The van der Waals surface area contributed by atoms with E-state index >= 15 is 0 Å². The monoisotopic (exact) mass is 163 g/mol. The molecule has 5 heteroatoms. The van der Waals surface area contributed by atoms with E-state index in [1.165, 1.54) is 0 Å². The third-order valence-corrected chi connectivity index (χ3v) is 1.66. The van der Waals surface area contributed by atoms with Gasteiger partial charge in [0.25, 0.3) is 0 Å². The first-order valence-corrected chi connectivity index (χ1v) is 3.87. The van der Waals surface area contributed by atoms with E-state index in [9.17, 15) is 0 Å². The average Bonchev–Trinajstić information content (AvgIpc) is 2.47. The van der Waals surface area contributed by atoms with Gasteiger partial charge in [0.1, 0.15) is 13.6 Å². The van der Waals surface area contributed by atoms with Gasteiger partial charge in [-0.05, 0) is 18.0 Å². The molecule has 0 spiro atoms. The van der Waals surface area contributed by atoms with Gasteiger partial charge in [0, 0.05) is 4.91 Å². The zero-order valence-corrected chi connectivity index (χ0v) is 7.19. The number of hydrogen-bond donors (Lipinski definition) is 0. The summed E-state index contributed by atoms with van der Waals surface area (Å²) in [4.78, 5) is 2.76. The van der Waals surface area contributed by atoms with Crippen LogP contribution in [-0.4, -0.2) is 7.85 Å². The molecule has 0 aliphatic rings. The van der Waals surface area contributed by atoms with Crippen LogP contribution >= 0.6 is 0 Å². The Morgan fingerprint density at radius 1 is 1.83 bits per heavy atom.